The van der Waals surface area contributed by atoms with Crippen LogP contribution in [0.15, 0.2) is 17.0 Å². The topological polar surface area (TPSA) is 29.3 Å². The first-order valence-corrected chi connectivity index (χ1v) is 7.22. The Balaban J connectivity index is 2.34. The summed E-state index contributed by atoms with van der Waals surface area (Å²) in [5, 5.41) is 0.668. The van der Waals surface area contributed by atoms with E-state index in [2.05, 4.69) is 37.8 Å². The molecule has 0 aliphatic carbocycles. The fourth-order valence-electron chi connectivity index (χ4n) is 2.46. The second-order valence-corrected chi connectivity index (χ2v) is 6.40. The molecule has 1 aliphatic heterocycles. The number of benzene rings is 1. The van der Waals surface area contributed by atoms with Crippen LogP contribution in [-0.2, 0) is 0 Å². The summed E-state index contributed by atoms with van der Waals surface area (Å²) in [6.45, 7) is 9.70. The molecule has 0 saturated heterocycles. The molecule has 2 N–H and O–H groups in total. The molecule has 0 radical (unpaired) electrons. The molecular formula is C14H22N2S. The molecule has 1 atom stereocenters. The first-order valence-electron chi connectivity index (χ1n) is 6.34. The zero-order valence-electron chi connectivity index (χ0n) is 11.0. The average molecular weight is 250 g/mol. The molecule has 0 spiro atoms. The highest BCUT2D eigenvalue weighted by Gasteiger charge is 2.23. The van der Waals surface area contributed by atoms with E-state index < -0.39 is 0 Å². The Morgan fingerprint density at radius 1 is 1.41 bits per heavy atom. The van der Waals surface area contributed by atoms with Crippen molar-refractivity contribution in [1.82, 2.24) is 0 Å². The van der Waals surface area contributed by atoms with Crippen LogP contribution in [0.1, 0.15) is 24.5 Å². The largest absolute Gasteiger partial charge is 0.369 e. The lowest BCUT2D eigenvalue weighted by atomic mass is 10.1. The highest BCUT2D eigenvalue weighted by atomic mass is 32.2. The van der Waals surface area contributed by atoms with E-state index in [0.717, 1.165) is 26.1 Å². The van der Waals surface area contributed by atoms with Crippen LogP contribution in [0.3, 0.4) is 0 Å². The summed E-state index contributed by atoms with van der Waals surface area (Å²) in [6.07, 6.45) is 1.07. The van der Waals surface area contributed by atoms with E-state index in [1.165, 1.54) is 21.7 Å². The van der Waals surface area contributed by atoms with Gasteiger partial charge in [-0.3, -0.25) is 0 Å². The number of anilines is 1. The van der Waals surface area contributed by atoms with Crippen molar-refractivity contribution in [2.75, 3.05) is 24.5 Å². The minimum atomic E-state index is 0.668. The van der Waals surface area contributed by atoms with Gasteiger partial charge in [-0.1, -0.05) is 13.0 Å². The summed E-state index contributed by atoms with van der Waals surface area (Å²) in [6, 6.07) is 4.60. The van der Waals surface area contributed by atoms with Crippen LogP contribution >= 0.6 is 11.8 Å². The third-order valence-electron chi connectivity index (χ3n) is 3.17. The van der Waals surface area contributed by atoms with E-state index in [0.29, 0.717) is 5.25 Å². The van der Waals surface area contributed by atoms with Crippen LogP contribution in [0, 0.1) is 13.8 Å². The molecule has 1 aromatic rings. The van der Waals surface area contributed by atoms with Gasteiger partial charge < -0.3 is 10.6 Å². The van der Waals surface area contributed by atoms with Gasteiger partial charge in [0.25, 0.3) is 0 Å². The monoisotopic (exact) mass is 250 g/mol. The summed E-state index contributed by atoms with van der Waals surface area (Å²) >= 11 is 2.01. The molecule has 0 fully saturated rings. The van der Waals surface area contributed by atoms with Gasteiger partial charge in [-0.2, -0.15) is 0 Å². The zero-order valence-corrected chi connectivity index (χ0v) is 11.8. The lowest BCUT2D eigenvalue weighted by molar-refractivity contribution is 0.712. The van der Waals surface area contributed by atoms with Gasteiger partial charge in [-0.05, 0) is 44.0 Å². The van der Waals surface area contributed by atoms with Gasteiger partial charge in [0.15, 0.2) is 0 Å². The van der Waals surface area contributed by atoms with Crippen molar-refractivity contribution in [3.05, 3.63) is 23.3 Å². The number of aryl methyl sites for hydroxylation is 2. The molecule has 1 aromatic carbocycles. The minimum Gasteiger partial charge on any atom is -0.369 e. The van der Waals surface area contributed by atoms with Crippen molar-refractivity contribution in [2.45, 2.75) is 37.3 Å². The van der Waals surface area contributed by atoms with Crippen LogP contribution < -0.4 is 10.6 Å². The highest BCUT2D eigenvalue weighted by molar-refractivity contribution is 8.00. The second-order valence-electron chi connectivity index (χ2n) is 4.95. The summed E-state index contributed by atoms with van der Waals surface area (Å²) < 4.78 is 0. The van der Waals surface area contributed by atoms with Gasteiger partial charge in [0.1, 0.15) is 0 Å². The van der Waals surface area contributed by atoms with Gasteiger partial charge in [0, 0.05) is 23.2 Å². The van der Waals surface area contributed by atoms with E-state index in [-0.39, 0.29) is 0 Å². The predicted molar refractivity (Wildman–Crippen MR) is 77.1 cm³/mol. The number of rotatable bonds is 3. The SMILES string of the molecule is Cc1cc(C)c2c(c1)N(CCCN)CC(C)S2. The molecule has 1 unspecified atom stereocenters. The quantitative estimate of drug-likeness (QED) is 0.894. The second kappa shape index (κ2) is 5.32. The third kappa shape index (κ3) is 2.78. The van der Waals surface area contributed by atoms with Gasteiger partial charge in [-0.25, -0.2) is 0 Å². The number of nitrogens with two attached hydrogens (primary N) is 1. The van der Waals surface area contributed by atoms with E-state index in [4.69, 9.17) is 5.73 Å². The van der Waals surface area contributed by atoms with Crippen molar-refractivity contribution in [2.24, 2.45) is 5.73 Å². The molecule has 0 saturated carbocycles. The van der Waals surface area contributed by atoms with Crippen molar-refractivity contribution in [3.63, 3.8) is 0 Å². The van der Waals surface area contributed by atoms with Gasteiger partial charge in [0.2, 0.25) is 0 Å². The molecular weight excluding hydrogens is 228 g/mol. The fourth-order valence-corrected chi connectivity index (χ4v) is 3.67. The van der Waals surface area contributed by atoms with Gasteiger partial charge in [-0.15, -0.1) is 11.8 Å². The molecule has 1 aliphatic rings. The normalized spacial score (nSPS) is 19.3. The van der Waals surface area contributed by atoms with E-state index >= 15 is 0 Å². The van der Waals surface area contributed by atoms with Crippen LogP contribution in [0.5, 0.6) is 0 Å². The Morgan fingerprint density at radius 3 is 2.88 bits per heavy atom. The highest BCUT2D eigenvalue weighted by Crippen LogP contribution is 2.41. The van der Waals surface area contributed by atoms with Crippen molar-refractivity contribution < 1.29 is 0 Å². The summed E-state index contributed by atoms with van der Waals surface area (Å²) in [5.41, 5.74) is 9.81. The van der Waals surface area contributed by atoms with Crippen LogP contribution in [0.2, 0.25) is 0 Å². The lowest BCUT2D eigenvalue weighted by Crippen LogP contribution is -2.35. The van der Waals surface area contributed by atoms with Crippen molar-refractivity contribution >= 4 is 17.4 Å². The zero-order chi connectivity index (χ0) is 12.4. The average Bonchev–Trinajstić information content (AvgIpc) is 2.27. The minimum absolute atomic E-state index is 0.668. The van der Waals surface area contributed by atoms with Crippen LogP contribution in [0.25, 0.3) is 0 Å². The number of nitrogens with zero attached hydrogens (tertiary/aromatic N) is 1. The molecule has 0 amide bonds. The number of thioether (sulfide) groups is 1. The third-order valence-corrected chi connectivity index (χ3v) is 4.49. The van der Waals surface area contributed by atoms with E-state index in [9.17, 15) is 0 Å². The van der Waals surface area contributed by atoms with Crippen molar-refractivity contribution in [3.8, 4) is 0 Å². The molecule has 2 nitrogen and oxygen atoms in total. The number of hydrogen-bond donors (Lipinski definition) is 1. The van der Waals surface area contributed by atoms with Crippen LogP contribution in [-0.4, -0.2) is 24.9 Å². The molecule has 17 heavy (non-hydrogen) atoms. The maximum Gasteiger partial charge on any atom is 0.0510 e. The Morgan fingerprint density at radius 2 is 2.18 bits per heavy atom. The predicted octanol–water partition coefficient (Wildman–Crippen LogP) is 2.95. The van der Waals surface area contributed by atoms with Gasteiger partial charge >= 0.3 is 0 Å². The molecule has 0 aromatic heterocycles. The van der Waals surface area contributed by atoms with Crippen molar-refractivity contribution in [1.29, 1.82) is 0 Å². The van der Waals surface area contributed by atoms with Gasteiger partial charge in [0.05, 0.1) is 5.69 Å². The standard InChI is InChI=1S/C14H22N2S/c1-10-7-11(2)14-13(8-10)16(6-4-5-15)9-12(3)17-14/h7-8,12H,4-6,9,15H2,1-3H3. The first-order chi connectivity index (χ1) is 8.11. The lowest BCUT2D eigenvalue weighted by Gasteiger charge is -2.35. The molecule has 94 valence electrons. The van der Waals surface area contributed by atoms with Crippen LogP contribution in [0.4, 0.5) is 5.69 Å². The summed E-state index contributed by atoms with van der Waals surface area (Å²) in [4.78, 5) is 3.97. The van der Waals surface area contributed by atoms with E-state index in [1.807, 2.05) is 11.8 Å². The Kier molecular flexibility index (Phi) is 4.00. The Hall–Kier alpha value is -0.670. The first kappa shape index (κ1) is 12.8. The Labute approximate surface area is 109 Å². The summed E-state index contributed by atoms with van der Waals surface area (Å²) in [5.74, 6) is 0. The maximum atomic E-state index is 5.63. The molecule has 0 bridgehead atoms. The molecule has 3 heteroatoms. The fraction of sp³-hybridized carbons (Fsp3) is 0.571. The number of hydrogen-bond acceptors (Lipinski definition) is 3. The molecule has 1 heterocycles. The Bertz CT molecular complexity index is 403. The summed E-state index contributed by atoms with van der Waals surface area (Å²) in [7, 11) is 0. The smallest absolute Gasteiger partial charge is 0.0510 e. The maximum absolute atomic E-state index is 5.63. The molecule has 2 rings (SSSR count). The van der Waals surface area contributed by atoms with E-state index in [1.54, 1.807) is 0 Å². The number of fused-ring (bicyclic) bond motifs is 1.